The molecule has 1 N–H and O–H groups in total. The number of aromatic nitrogens is 2. The second kappa shape index (κ2) is 8.00. The molecule has 7 nitrogen and oxygen atoms in total. The molecule has 3 aliphatic rings. The number of nitrogens with one attached hydrogen (secondary N) is 1. The standard InChI is InChI=1S/C20H30N4O3/c25-18-4-6-20(14-24(18)9-5-16-13-21-15-22-16)7-10-23(11-8-20)19(26)17-3-1-2-12-27-17/h13,15,17H,1-12,14H2,(H,21,22)/t17-/m0/s1. The molecule has 0 bridgehead atoms. The van der Waals surface area contributed by atoms with Gasteiger partial charge in [-0.2, -0.15) is 0 Å². The second-order valence-corrected chi connectivity index (χ2v) is 8.32. The highest BCUT2D eigenvalue weighted by molar-refractivity contribution is 5.81. The van der Waals surface area contributed by atoms with Crippen molar-refractivity contribution in [1.29, 1.82) is 0 Å². The summed E-state index contributed by atoms with van der Waals surface area (Å²) >= 11 is 0. The minimum atomic E-state index is -0.230. The van der Waals surface area contributed by atoms with E-state index in [0.717, 1.165) is 76.8 Å². The van der Waals surface area contributed by atoms with Gasteiger partial charge in [0.25, 0.3) is 5.91 Å². The van der Waals surface area contributed by atoms with Crippen LogP contribution in [0.15, 0.2) is 12.5 Å². The minimum absolute atomic E-state index is 0.173. The lowest BCUT2D eigenvalue weighted by Crippen LogP contribution is -2.54. The van der Waals surface area contributed by atoms with Gasteiger partial charge < -0.3 is 19.5 Å². The molecule has 0 saturated carbocycles. The number of imidazole rings is 1. The van der Waals surface area contributed by atoms with E-state index in [4.69, 9.17) is 4.74 Å². The van der Waals surface area contributed by atoms with E-state index in [0.29, 0.717) is 13.0 Å². The fourth-order valence-corrected chi connectivity index (χ4v) is 4.73. The molecule has 1 aromatic heterocycles. The first-order valence-corrected chi connectivity index (χ1v) is 10.3. The molecular formula is C20H30N4O3. The number of piperidine rings is 2. The molecular weight excluding hydrogens is 344 g/mol. The Kier molecular flexibility index (Phi) is 5.48. The molecule has 3 saturated heterocycles. The maximum Gasteiger partial charge on any atom is 0.251 e. The summed E-state index contributed by atoms with van der Waals surface area (Å²) in [5, 5.41) is 0. The van der Waals surface area contributed by atoms with Gasteiger partial charge in [0, 0.05) is 57.5 Å². The molecule has 1 spiro atoms. The van der Waals surface area contributed by atoms with Crippen LogP contribution in [-0.4, -0.2) is 70.5 Å². The summed E-state index contributed by atoms with van der Waals surface area (Å²) in [5.41, 5.74) is 1.24. The summed E-state index contributed by atoms with van der Waals surface area (Å²) in [5.74, 6) is 0.432. The lowest BCUT2D eigenvalue weighted by Gasteiger charge is -2.48. The smallest absolute Gasteiger partial charge is 0.251 e. The Morgan fingerprint density at radius 3 is 2.85 bits per heavy atom. The van der Waals surface area contributed by atoms with Crippen molar-refractivity contribution in [3.63, 3.8) is 0 Å². The van der Waals surface area contributed by atoms with Crippen LogP contribution in [0.5, 0.6) is 0 Å². The summed E-state index contributed by atoms with van der Waals surface area (Å²) in [6.07, 6.45) is 10.6. The lowest BCUT2D eigenvalue weighted by atomic mass is 9.72. The van der Waals surface area contributed by atoms with E-state index < -0.39 is 0 Å². The van der Waals surface area contributed by atoms with E-state index in [-0.39, 0.29) is 23.3 Å². The van der Waals surface area contributed by atoms with Gasteiger partial charge in [-0.15, -0.1) is 0 Å². The number of rotatable bonds is 4. The van der Waals surface area contributed by atoms with Crippen LogP contribution in [0.1, 0.15) is 50.6 Å². The first-order chi connectivity index (χ1) is 13.2. The third-order valence-corrected chi connectivity index (χ3v) is 6.54. The zero-order valence-electron chi connectivity index (χ0n) is 16.0. The number of amides is 2. The van der Waals surface area contributed by atoms with Crippen LogP contribution in [0, 0.1) is 5.41 Å². The Hall–Kier alpha value is -1.89. The zero-order valence-corrected chi connectivity index (χ0v) is 16.0. The molecule has 0 aromatic carbocycles. The fourth-order valence-electron chi connectivity index (χ4n) is 4.73. The Morgan fingerprint density at radius 2 is 2.15 bits per heavy atom. The molecule has 27 heavy (non-hydrogen) atoms. The quantitative estimate of drug-likeness (QED) is 0.871. The molecule has 148 valence electrons. The highest BCUT2D eigenvalue weighted by atomic mass is 16.5. The maximum absolute atomic E-state index is 12.7. The normalized spacial score (nSPS) is 25.8. The van der Waals surface area contributed by atoms with Crippen LogP contribution in [0.2, 0.25) is 0 Å². The van der Waals surface area contributed by atoms with Gasteiger partial charge in [-0.1, -0.05) is 0 Å². The Balaban J connectivity index is 1.31. The zero-order chi connectivity index (χ0) is 18.7. The molecule has 0 aliphatic carbocycles. The van der Waals surface area contributed by atoms with E-state index in [1.54, 1.807) is 6.33 Å². The largest absolute Gasteiger partial charge is 0.368 e. The van der Waals surface area contributed by atoms with E-state index >= 15 is 0 Å². The van der Waals surface area contributed by atoms with Gasteiger partial charge in [-0.3, -0.25) is 9.59 Å². The predicted octanol–water partition coefficient (Wildman–Crippen LogP) is 1.75. The maximum atomic E-state index is 12.7. The van der Waals surface area contributed by atoms with Gasteiger partial charge in [0.05, 0.1) is 6.33 Å². The molecule has 4 heterocycles. The van der Waals surface area contributed by atoms with Crippen LogP contribution >= 0.6 is 0 Å². The molecule has 7 heteroatoms. The van der Waals surface area contributed by atoms with Gasteiger partial charge in [-0.05, 0) is 43.9 Å². The molecule has 3 fully saturated rings. The Labute approximate surface area is 160 Å². The van der Waals surface area contributed by atoms with Crippen LogP contribution in [0.3, 0.4) is 0 Å². The first-order valence-electron chi connectivity index (χ1n) is 10.3. The van der Waals surface area contributed by atoms with Gasteiger partial charge in [0.1, 0.15) is 6.10 Å². The number of hydrogen-bond acceptors (Lipinski definition) is 4. The van der Waals surface area contributed by atoms with Crippen LogP contribution < -0.4 is 0 Å². The molecule has 4 rings (SSSR count). The van der Waals surface area contributed by atoms with E-state index in [1.807, 2.05) is 16.0 Å². The van der Waals surface area contributed by atoms with Crippen molar-refractivity contribution in [2.24, 2.45) is 5.41 Å². The number of aromatic amines is 1. The number of hydrogen-bond donors (Lipinski definition) is 1. The minimum Gasteiger partial charge on any atom is -0.368 e. The average molecular weight is 374 g/mol. The number of carbonyl (C=O) groups excluding carboxylic acids is 2. The fraction of sp³-hybridized carbons (Fsp3) is 0.750. The van der Waals surface area contributed by atoms with E-state index in [9.17, 15) is 9.59 Å². The van der Waals surface area contributed by atoms with Crippen LogP contribution in [0.4, 0.5) is 0 Å². The molecule has 0 unspecified atom stereocenters. The van der Waals surface area contributed by atoms with E-state index in [1.165, 1.54) is 0 Å². The van der Waals surface area contributed by atoms with Crippen molar-refractivity contribution >= 4 is 11.8 Å². The van der Waals surface area contributed by atoms with Crippen molar-refractivity contribution < 1.29 is 14.3 Å². The van der Waals surface area contributed by atoms with Crippen molar-refractivity contribution in [2.75, 3.05) is 32.8 Å². The second-order valence-electron chi connectivity index (χ2n) is 8.32. The van der Waals surface area contributed by atoms with E-state index in [2.05, 4.69) is 9.97 Å². The topological polar surface area (TPSA) is 78.5 Å². The number of H-pyrrole nitrogens is 1. The number of nitrogens with zero attached hydrogens (tertiary/aromatic N) is 3. The van der Waals surface area contributed by atoms with Crippen LogP contribution in [-0.2, 0) is 20.7 Å². The Morgan fingerprint density at radius 1 is 1.30 bits per heavy atom. The van der Waals surface area contributed by atoms with Crippen LogP contribution in [0.25, 0.3) is 0 Å². The van der Waals surface area contributed by atoms with Gasteiger partial charge in [0.15, 0.2) is 0 Å². The number of likely N-dealkylation sites (tertiary alicyclic amines) is 2. The molecule has 1 atom stereocenters. The molecule has 1 aromatic rings. The lowest BCUT2D eigenvalue weighted by molar-refractivity contribution is -0.151. The monoisotopic (exact) mass is 374 g/mol. The van der Waals surface area contributed by atoms with Gasteiger partial charge in [-0.25, -0.2) is 4.98 Å². The summed E-state index contributed by atoms with van der Waals surface area (Å²) in [6.45, 7) is 3.85. The SMILES string of the molecule is O=C1CCC2(CCN(C(=O)[C@@H]3CCCCO3)CC2)CN1CCc1cnc[nH]1. The average Bonchev–Trinajstić information content (AvgIpc) is 3.23. The number of carbonyl (C=O) groups is 2. The van der Waals surface area contributed by atoms with Gasteiger partial charge in [0.2, 0.25) is 5.91 Å². The predicted molar refractivity (Wildman–Crippen MR) is 99.9 cm³/mol. The molecule has 0 radical (unpaired) electrons. The molecule has 3 aliphatic heterocycles. The van der Waals surface area contributed by atoms with Crippen molar-refractivity contribution in [3.05, 3.63) is 18.2 Å². The van der Waals surface area contributed by atoms with Crippen molar-refractivity contribution in [2.45, 2.75) is 57.5 Å². The summed E-state index contributed by atoms with van der Waals surface area (Å²) in [6, 6.07) is 0. The summed E-state index contributed by atoms with van der Waals surface area (Å²) in [7, 11) is 0. The van der Waals surface area contributed by atoms with Crippen molar-refractivity contribution in [1.82, 2.24) is 19.8 Å². The molecule has 2 amide bonds. The highest BCUT2D eigenvalue weighted by Gasteiger charge is 2.42. The number of ether oxygens (including phenoxy) is 1. The first kappa shape index (κ1) is 18.5. The highest BCUT2D eigenvalue weighted by Crippen LogP contribution is 2.40. The Bertz CT molecular complexity index is 646. The third kappa shape index (κ3) is 4.18. The van der Waals surface area contributed by atoms with Gasteiger partial charge >= 0.3 is 0 Å². The van der Waals surface area contributed by atoms with Crippen molar-refractivity contribution in [3.8, 4) is 0 Å². The summed E-state index contributed by atoms with van der Waals surface area (Å²) in [4.78, 5) is 36.2. The third-order valence-electron chi connectivity index (χ3n) is 6.54. The summed E-state index contributed by atoms with van der Waals surface area (Å²) < 4.78 is 5.68.